The van der Waals surface area contributed by atoms with Gasteiger partial charge in [-0.15, -0.1) is 0 Å². The second-order valence-electron chi connectivity index (χ2n) is 7.47. The van der Waals surface area contributed by atoms with Crippen molar-refractivity contribution in [3.8, 4) is 0 Å². The maximum atomic E-state index is 14.0. The average molecular weight is 442 g/mol. The number of hydrogen-bond acceptors (Lipinski definition) is 6. The van der Waals surface area contributed by atoms with Crippen LogP contribution in [0.4, 0.5) is 21.7 Å². The van der Waals surface area contributed by atoms with Gasteiger partial charge in [-0.25, -0.2) is 22.8 Å². The first-order valence-corrected chi connectivity index (χ1v) is 11.5. The summed E-state index contributed by atoms with van der Waals surface area (Å²) < 4.78 is 41.0. The van der Waals surface area contributed by atoms with Crippen LogP contribution in [0, 0.1) is 19.7 Å². The van der Waals surface area contributed by atoms with Crippen LogP contribution in [0.15, 0.2) is 59.5 Å². The van der Waals surface area contributed by atoms with Gasteiger partial charge < -0.3 is 10.2 Å². The first kappa shape index (κ1) is 21.2. The maximum absolute atomic E-state index is 14.0. The smallest absolute Gasteiger partial charge is 0.246 e. The summed E-state index contributed by atoms with van der Waals surface area (Å²) in [5.41, 5.74) is 2.10. The van der Waals surface area contributed by atoms with E-state index in [0.29, 0.717) is 24.7 Å². The quantitative estimate of drug-likeness (QED) is 0.653. The fourth-order valence-electron chi connectivity index (χ4n) is 3.51. The van der Waals surface area contributed by atoms with Crippen LogP contribution < -0.4 is 10.2 Å². The lowest BCUT2D eigenvalue weighted by molar-refractivity contribution is 0.381. The van der Waals surface area contributed by atoms with Crippen molar-refractivity contribution >= 4 is 27.3 Å². The highest BCUT2D eigenvalue weighted by Gasteiger charge is 2.31. The minimum absolute atomic E-state index is 0.250. The summed E-state index contributed by atoms with van der Waals surface area (Å²) in [5, 5.41) is 3.29. The van der Waals surface area contributed by atoms with Crippen LogP contribution in [0.3, 0.4) is 0 Å². The standard InChI is InChI=1S/C22H24FN5O2S/c1-16-7-9-18(10-8-16)26-21-15-22(25-17(2)24-21)27-11-13-28(14-12-27)31(29,30)20-6-4-3-5-19(20)23/h3-10,15H,11-14H2,1-2H3,(H,24,25,26). The molecular weight excluding hydrogens is 417 g/mol. The van der Waals surface area contributed by atoms with Crippen LogP contribution in [-0.4, -0.2) is 48.9 Å². The Bertz CT molecular complexity index is 1180. The van der Waals surface area contributed by atoms with Crippen LogP contribution in [-0.2, 0) is 10.0 Å². The number of rotatable bonds is 5. The van der Waals surface area contributed by atoms with Crippen molar-refractivity contribution in [1.82, 2.24) is 14.3 Å². The molecule has 9 heteroatoms. The number of aryl methyl sites for hydroxylation is 2. The number of benzene rings is 2. The Hall–Kier alpha value is -3.04. The molecule has 1 saturated heterocycles. The van der Waals surface area contributed by atoms with Crippen molar-refractivity contribution in [3.63, 3.8) is 0 Å². The Morgan fingerprint density at radius 3 is 2.29 bits per heavy atom. The van der Waals surface area contributed by atoms with Gasteiger partial charge in [0.15, 0.2) is 0 Å². The van der Waals surface area contributed by atoms with E-state index in [4.69, 9.17) is 0 Å². The number of piperazine rings is 1. The predicted molar refractivity (Wildman–Crippen MR) is 119 cm³/mol. The molecule has 2 aromatic carbocycles. The second-order valence-corrected chi connectivity index (χ2v) is 9.38. The second kappa shape index (κ2) is 8.60. The Morgan fingerprint density at radius 1 is 0.935 bits per heavy atom. The normalized spacial score (nSPS) is 15.1. The topological polar surface area (TPSA) is 78.4 Å². The summed E-state index contributed by atoms with van der Waals surface area (Å²) in [6.45, 7) is 5.26. The van der Waals surface area contributed by atoms with Crippen molar-refractivity contribution in [3.05, 3.63) is 71.8 Å². The molecule has 1 aromatic heterocycles. The van der Waals surface area contributed by atoms with E-state index in [9.17, 15) is 12.8 Å². The number of nitrogens with one attached hydrogen (secondary N) is 1. The van der Waals surface area contributed by atoms with Crippen LogP contribution in [0.2, 0.25) is 0 Å². The molecule has 2 heterocycles. The van der Waals surface area contributed by atoms with Crippen molar-refractivity contribution in [2.45, 2.75) is 18.7 Å². The van der Waals surface area contributed by atoms with E-state index in [1.807, 2.05) is 49.1 Å². The van der Waals surface area contributed by atoms with Crippen LogP contribution >= 0.6 is 0 Å². The molecule has 0 aliphatic carbocycles. The maximum Gasteiger partial charge on any atom is 0.246 e. The summed E-state index contributed by atoms with van der Waals surface area (Å²) in [6.07, 6.45) is 0. The van der Waals surface area contributed by atoms with Crippen molar-refractivity contribution in [2.75, 3.05) is 36.4 Å². The van der Waals surface area contributed by atoms with Gasteiger partial charge in [0.2, 0.25) is 10.0 Å². The highest BCUT2D eigenvalue weighted by molar-refractivity contribution is 7.89. The molecule has 7 nitrogen and oxygen atoms in total. The zero-order valence-electron chi connectivity index (χ0n) is 17.4. The first-order chi connectivity index (χ1) is 14.8. The summed E-state index contributed by atoms with van der Waals surface area (Å²) >= 11 is 0. The molecule has 0 atom stereocenters. The lowest BCUT2D eigenvalue weighted by Crippen LogP contribution is -2.49. The number of hydrogen-bond donors (Lipinski definition) is 1. The number of nitrogens with zero attached hydrogens (tertiary/aromatic N) is 4. The highest BCUT2D eigenvalue weighted by Crippen LogP contribution is 2.24. The molecule has 0 spiro atoms. The third-order valence-electron chi connectivity index (χ3n) is 5.17. The molecule has 0 radical (unpaired) electrons. The molecule has 3 aromatic rings. The molecule has 0 bridgehead atoms. The lowest BCUT2D eigenvalue weighted by atomic mass is 10.2. The molecular formula is C22H24FN5O2S. The van der Waals surface area contributed by atoms with Gasteiger partial charge in [-0.05, 0) is 38.1 Å². The molecule has 0 unspecified atom stereocenters. The van der Waals surface area contributed by atoms with E-state index in [-0.39, 0.29) is 18.0 Å². The van der Waals surface area contributed by atoms with Crippen LogP contribution in [0.25, 0.3) is 0 Å². The fraction of sp³-hybridized carbons (Fsp3) is 0.273. The molecule has 1 N–H and O–H groups in total. The Labute approximate surface area is 181 Å². The molecule has 31 heavy (non-hydrogen) atoms. The Kier molecular flexibility index (Phi) is 5.88. The van der Waals surface area contributed by atoms with Gasteiger partial charge in [0.05, 0.1) is 0 Å². The summed E-state index contributed by atoms with van der Waals surface area (Å²) in [6, 6.07) is 15.3. The number of anilines is 3. The predicted octanol–water partition coefficient (Wildman–Crippen LogP) is 3.49. The van der Waals surface area contributed by atoms with Crippen molar-refractivity contribution < 1.29 is 12.8 Å². The molecule has 1 aliphatic rings. The van der Waals surface area contributed by atoms with E-state index >= 15 is 0 Å². The third-order valence-corrected chi connectivity index (χ3v) is 7.10. The lowest BCUT2D eigenvalue weighted by Gasteiger charge is -2.34. The minimum Gasteiger partial charge on any atom is -0.354 e. The summed E-state index contributed by atoms with van der Waals surface area (Å²) in [5.74, 6) is 1.29. The van der Waals surface area contributed by atoms with Gasteiger partial charge in [-0.3, -0.25) is 0 Å². The highest BCUT2D eigenvalue weighted by atomic mass is 32.2. The molecule has 1 aliphatic heterocycles. The van der Waals surface area contributed by atoms with E-state index in [2.05, 4.69) is 15.3 Å². The average Bonchev–Trinajstić information content (AvgIpc) is 2.75. The Morgan fingerprint density at radius 2 is 1.61 bits per heavy atom. The summed E-state index contributed by atoms with van der Waals surface area (Å²) in [4.78, 5) is 10.7. The van der Waals surface area contributed by atoms with Gasteiger partial charge >= 0.3 is 0 Å². The first-order valence-electron chi connectivity index (χ1n) is 10.0. The van der Waals surface area contributed by atoms with E-state index in [0.717, 1.165) is 17.6 Å². The van der Waals surface area contributed by atoms with E-state index < -0.39 is 15.8 Å². The molecule has 162 valence electrons. The van der Waals surface area contributed by atoms with Crippen LogP contribution in [0.1, 0.15) is 11.4 Å². The molecule has 0 saturated carbocycles. The fourth-order valence-corrected chi connectivity index (χ4v) is 5.00. The number of halogens is 1. The van der Waals surface area contributed by atoms with Gasteiger partial charge in [0, 0.05) is 37.9 Å². The summed E-state index contributed by atoms with van der Waals surface area (Å²) in [7, 11) is -3.87. The van der Waals surface area contributed by atoms with Crippen LogP contribution in [0.5, 0.6) is 0 Å². The van der Waals surface area contributed by atoms with Gasteiger partial charge in [-0.1, -0.05) is 29.8 Å². The van der Waals surface area contributed by atoms with Crippen molar-refractivity contribution in [2.24, 2.45) is 0 Å². The molecule has 4 rings (SSSR count). The third kappa shape index (κ3) is 4.67. The van der Waals surface area contributed by atoms with Gasteiger partial charge in [-0.2, -0.15) is 4.31 Å². The molecule has 1 fully saturated rings. The zero-order chi connectivity index (χ0) is 22.0. The molecule has 0 amide bonds. The number of aromatic nitrogens is 2. The minimum atomic E-state index is -3.87. The number of sulfonamides is 1. The van der Waals surface area contributed by atoms with E-state index in [1.54, 1.807) is 0 Å². The van der Waals surface area contributed by atoms with Gasteiger partial charge in [0.1, 0.15) is 28.2 Å². The monoisotopic (exact) mass is 441 g/mol. The zero-order valence-corrected chi connectivity index (χ0v) is 18.2. The SMILES string of the molecule is Cc1ccc(Nc2cc(N3CCN(S(=O)(=O)c4ccccc4F)CC3)nc(C)n2)cc1. The van der Waals surface area contributed by atoms with Gasteiger partial charge in [0.25, 0.3) is 0 Å². The Balaban J connectivity index is 1.48. The van der Waals surface area contributed by atoms with Crippen molar-refractivity contribution in [1.29, 1.82) is 0 Å². The van der Waals surface area contributed by atoms with E-state index in [1.165, 1.54) is 28.1 Å². The largest absolute Gasteiger partial charge is 0.354 e.